The Morgan fingerprint density at radius 3 is 2.58 bits per heavy atom. The van der Waals surface area contributed by atoms with Crippen molar-refractivity contribution in [2.24, 2.45) is 4.99 Å². The molecular weight excluding hydrogens is 146 g/mol. The zero-order chi connectivity index (χ0) is 8.97. The molecule has 0 saturated carbocycles. The highest BCUT2D eigenvalue weighted by Crippen LogP contribution is 2.07. The number of aliphatic imine (C=N–C) groups is 1. The van der Waals surface area contributed by atoms with Crippen LogP contribution in [0.4, 0.5) is 0 Å². The summed E-state index contributed by atoms with van der Waals surface area (Å²) >= 11 is 0. The van der Waals surface area contributed by atoms with Crippen LogP contribution in [0.25, 0.3) is 0 Å². The maximum atomic E-state index is 3.95. The summed E-state index contributed by atoms with van der Waals surface area (Å²) in [4.78, 5) is 3.95. The summed E-state index contributed by atoms with van der Waals surface area (Å²) in [7, 11) is 0. The topological polar surface area (TPSA) is 12.4 Å². The lowest BCUT2D eigenvalue weighted by Crippen LogP contribution is -1.85. The molecule has 0 saturated heterocycles. The van der Waals surface area contributed by atoms with Crippen LogP contribution < -0.4 is 0 Å². The van der Waals surface area contributed by atoms with Crippen LogP contribution in [0.2, 0.25) is 0 Å². The van der Waals surface area contributed by atoms with Crippen molar-refractivity contribution >= 4 is 6.21 Å². The number of hydrogen-bond acceptors (Lipinski definition) is 1. The van der Waals surface area contributed by atoms with Gasteiger partial charge >= 0.3 is 0 Å². The highest BCUT2D eigenvalue weighted by atomic mass is 14.6. The van der Waals surface area contributed by atoms with Crippen molar-refractivity contribution in [2.45, 2.75) is 13.8 Å². The van der Waals surface area contributed by atoms with E-state index in [4.69, 9.17) is 0 Å². The molecule has 1 rings (SSSR count). The summed E-state index contributed by atoms with van der Waals surface area (Å²) < 4.78 is 0. The van der Waals surface area contributed by atoms with Crippen molar-refractivity contribution in [3.63, 3.8) is 0 Å². The van der Waals surface area contributed by atoms with Gasteiger partial charge in [-0.2, -0.15) is 0 Å². The van der Waals surface area contributed by atoms with Gasteiger partial charge in [-0.1, -0.05) is 24.8 Å². The molecule has 1 heteroatoms. The van der Waals surface area contributed by atoms with Crippen molar-refractivity contribution in [1.29, 1.82) is 0 Å². The molecule has 12 heavy (non-hydrogen) atoms. The normalized spacial score (nSPS) is 10.5. The molecule has 1 aromatic carbocycles. The molecule has 0 radical (unpaired) electrons. The zero-order valence-electron chi connectivity index (χ0n) is 7.54. The van der Waals surface area contributed by atoms with Gasteiger partial charge in [-0.05, 0) is 30.5 Å². The van der Waals surface area contributed by atoms with Crippen LogP contribution in [-0.2, 0) is 0 Å². The number of benzene rings is 1. The molecule has 0 unspecified atom stereocenters. The fraction of sp³-hybridized carbons (Fsp3) is 0.182. The summed E-state index contributed by atoms with van der Waals surface area (Å²) in [6, 6.07) is 6.26. The van der Waals surface area contributed by atoms with Gasteiger partial charge in [0, 0.05) is 12.4 Å². The average molecular weight is 159 g/mol. The molecule has 1 nitrogen and oxygen atoms in total. The van der Waals surface area contributed by atoms with E-state index in [2.05, 4.69) is 43.6 Å². The second-order valence-electron chi connectivity index (χ2n) is 2.80. The second-order valence-corrected chi connectivity index (χ2v) is 2.80. The van der Waals surface area contributed by atoms with E-state index in [1.165, 1.54) is 17.3 Å². The first kappa shape index (κ1) is 8.72. The Morgan fingerprint density at radius 2 is 2.00 bits per heavy atom. The number of aryl methyl sites for hydroxylation is 2. The smallest absolute Gasteiger partial charge is 0.0340 e. The van der Waals surface area contributed by atoms with Crippen LogP contribution in [-0.4, -0.2) is 6.21 Å². The van der Waals surface area contributed by atoms with Gasteiger partial charge in [-0.25, -0.2) is 0 Å². The fourth-order valence-electron chi connectivity index (χ4n) is 0.984. The molecular formula is C11H13N. The molecule has 1 aromatic rings. The molecule has 0 aliphatic rings. The van der Waals surface area contributed by atoms with E-state index in [9.17, 15) is 0 Å². The van der Waals surface area contributed by atoms with Gasteiger partial charge in [0.05, 0.1) is 0 Å². The Labute approximate surface area is 73.5 Å². The van der Waals surface area contributed by atoms with Crippen molar-refractivity contribution in [3.05, 3.63) is 47.7 Å². The van der Waals surface area contributed by atoms with Crippen LogP contribution in [0.5, 0.6) is 0 Å². The van der Waals surface area contributed by atoms with E-state index in [0.29, 0.717) is 0 Å². The third kappa shape index (κ3) is 2.06. The van der Waals surface area contributed by atoms with Crippen molar-refractivity contribution in [3.8, 4) is 0 Å². The summed E-state index contributed by atoms with van der Waals surface area (Å²) in [5.74, 6) is 0. The number of nitrogens with zero attached hydrogens (tertiary/aromatic N) is 1. The molecule has 0 heterocycles. The lowest BCUT2D eigenvalue weighted by molar-refractivity contribution is 1.34. The SMILES string of the molecule is C=CN=Cc1ccc(C)c(C)c1. The Morgan fingerprint density at radius 1 is 1.25 bits per heavy atom. The zero-order valence-corrected chi connectivity index (χ0v) is 7.54. The Balaban J connectivity index is 2.96. The Hall–Kier alpha value is -1.37. The van der Waals surface area contributed by atoms with Crippen LogP contribution in [0.1, 0.15) is 16.7 Å². The predicted octanol–water partition coefficient (Wildman–Crippen LogP) is 2.87. The van der Waals surface area contributed by atoms with Gasteiger partial charge in [0.15, 0.2) is 0 Å². The molecule has 0 spiro atoms. The molecule has 0 aliphatic carbocycles. The molecule has 0 aromatic heterocycles. The van der Waals surface area contributed by atoms with Gasteiger partial charge < -0.3 is 0 Å². The first-order valence-electron chi connectivity index (χ1n) is 3.95. The van der Waals surface area contributed by atoms with E-state index < -0.39 is 0 Å². The minimum Gasteiger partial charge on any atom is -0.265 e. The second kappa shape index (κ2) is 3.86. The third-order valence-electron chi connectivity index (χ3n) is 1.86. The summed E-state index contributed by atoms with van der Waals surface area (Å²) in [6.45, 7) is 7.72. The maximum absolute atomic E-state index is 3.95. The molecule has 0 aliphatic heterocycles. The van der Waals surface area contributed by atoms with Gasteiger partial charge in [0.25, 0.3) is 0 Å². The standard InChI is InChI=1S/C11H13N/c1-4-12-8-11-6-5-9(2)10(3)7-11/h4-8H,1H2,2-3H3. The van der Waals surface area contributed by atoms with E-state index in [1.807, 2.05) is 0 Å². The monoisotopic (exact) mass is 159 g/mol. The van der Waals surface area contributed by atoms with E-state index >= 15 is 0 Å². The third-order valence-corrected chi connectivity index (χ3v) is 1.86. The quantitative estimate of drug-likeness (QED) is 0.588. The largest absolute Gasteiger partial charge is 0.265 e. The van der Waals surface area contributed by atoms with E-state index in [-0.39, 0.29) is 0 Å². The summed E-state index contributed by atoms with van der Waals surface area (Å²) in [5, 5.41) is 0. The van der Waals surface area contributed by atoms with Gasteiger partial charge in [0.1, 0.15) is 0 Å². The average Bonchev–Trinajstić information content (AvgIpc) is 2.07. The lowest BCUT2D eigenvalue weighted by Gasteiger charge is -1.99. The van der Waals surface area contributed by atoms with Crippen LogP contribution in [0.15, 0.2) is 36.0 Å². The summed E-state index contributed by atoms with van der Waals surface area (Å²) in [5.41, 5.74) is 3.73. The molecule has 0 fully saturated rings. The van der Waals surface area contributed by atoms with E-state index in [0.717, 1.165) is 5.56 Å². The minimum absolute atomic E-state index is 1.12. The lowest BCUT2D eigenvalue weighted by atomic mass is 10.1. The first-order valence-corrected chi connectivity index (χ1v) is 3.95. The number of rotatable bonds is 2. The van der Waals surface area contributed by atoms with Crippen molar-refractivity contribution in [1.82, 2.24) is 0 Å². The molecule has 62 valence electrons. The van der Waals surface area contributed by atoms with Crippen LogP contribution >= 0.6 is 0 Å². The molecule has 0 amide bonds. The highest BCUT2D eigenvalue weighted by molar-refractivity contribution is 5.80. The Kier molecular flexibility index (Phi) is 2.81. The van der Waals surface area contributed by atoms with Crippen LogP contribution in [0.3, 0.4) is 0 Å². The maximum Gasteiger partial charge on any atom is 0.0340 e. The molecule has 0 atom stereocenters. The molecule has 0 N–H and O–H groups in total. The number of hydrogen-bond donors (Lipinski definition) is 0. The Bertz CT molecular complexity index is 311. The van der Waals surface area contributed by atoms with Crippen LogP contribution in [0, 0.1) is 13.8 Å². The van der Waals surface area contributed by atoms with Crippen molar-refractivity contribution < 1.29 is 0 Å². The molecule has 0 bridgehead atoms. The predicted molar refractivity (Wildman–Crippen MR) is 53.7 cm³/mol. The summed E-state index contributed by atoms with van der Waals surface area (Å²) in [6.07, 6.45) is 3.34. The van der Waals surface area contributed by atoms with E-state index in [1.54, 1.807) is 6.21 Å². The van der Waals surface area contributed by atoms with Gasteiger partial charge in [-0.15, -0.1) is 0 Å². The minimum atomic E-state index is 1.12. The van der Waals surface area contributed by atoms with Gasteiger partial charge in [-0.3, -0.25) is 4.99 Å². The highest BCUT2D eigenvalue weighted by Gasteiger charge is 1.91. The van der Waals surface area contributed by atoms with Gasteiger partial charge in [0.2, 0.25) is 0 Å². The first-order chi connectivity index (χ1) is 5.74. The fourth-order valence-corrected chi connectivity index (χ4v) is 0.984. The van der Waals surface area contributed by atoms with Crippen molar-refractivity contribution in [2.75, 3.05) is 0 Å².